The first-order chi connectivity index (χ1) is 11.3. The molecule has 4 nitrogen and oxygen atoms in total. The third kappa shape index (κ3) is 2.35. The molecule has 4 unspecified atom stereocenters. The van der Waals surface area contributed by atoms with Crippen LogP contribution in [0.1, 0.15) is 57.1 Å². The summed E-state index contributed by atoms with van der Waals surface area (Å²) in [6.07, 6.45) is 6.11. The van der Waals surface area contributed by atoms with Gasteiger partial charge in [0.1, 0.15) is 11.9 Å². The normalized spacial score (nSPS) is 32.7. The Morgan fingerprint density at radius 2 is 2.21 bits per heavy atom. The Bertz CT molecular complexity index is 724. The Kier molecular flexibility index (Phi) is 4.20. The summed E-state index contributed by atoms with van der Waals surface area (Å²) < 4.78 is 11.4. The van der Waals surface area contributed by atoms with Crippen molar-refractivity contribution in [2.75, 3.05) is 0 Å². The minimum atomic E-state index is -0.648. The summed E-state index contributed by atoms with van der Waals surface area (Å²) in [4.78, 5) is 12.2. The van der Waals surface area contributed by atoms with Crippen molar-refractivity contribution in [1.82, 2.24) is 0 Å². The summed E-state index contributed by atoms with van der Waals surface area (Å²) in [6.45, 7) is 9.69. The van der Waals surface area contributed by atoms with E-state index in [-0.39, 0.29) is 18.0 Å². The fourth-order valence-electron chi connectivity index (χ4n) is 4.03. The van der Waals surface area contributed by atoms with Crippen molar-refractivity contribution in [2.45, 2.75) is 59.7 Å². The van der Waals surface area contributed by atoms with Gasteiger partial charge in [0, 0.05) is 35.3 Å². The fraction of sp³-hybridized carbons (Fsp3) is 0.550. The van der Waals surface area contributed by atoms with E-state index in [2.05, 4.69) is 19.9 Å². The van der Waals surface area contributed by atoms with Crippen molar-refractivity contribution in [3.05, 3.63) is 46.4 Å². The molecule has 0 radical (unpaired) electrons. The van der Waals surface area contributed by atoms with E-state index in [9.17, 15) is 9.90 Å². The third-order valence-electron chi connectivity index (χ3n) is 6.10. The number of rotatable bonds is 2. The van der Waals surface area contributed by atoms with E-state index in [0.717, 1.165) is 23.3 Å². The highest BCUT2D eigenvalue weighted by Gasteiger charge is 2.52. The summed E-state index contributed by atoms with van der Waals surface area (Å²) in [5, 5.41) is 11.1. The molecular formula is C20H26O4. The zero-order valence-electron chi connectivity index (χ0n) is 15.1. The average Bonchev–Trinajstić information content (AvgIpc) is 2.93. The number of esters is 1. The molecule has 4 heteroatoms. The van der Waals surface area contributed by atoms with Crippen LogP contribution in [0.3, 0.4) is 0 Å². The predicted molar refractivity (Wildman–Crippen MR) is 91.4 cm³/mol. The van der Waals surface area contributed by atoms with Crippen LogP contribution in [0.25, 0.3) is 0 Å². The number of hydrogen-bond acceptors (Lipinski definition) is 4. The minimum absolute atomic E-state index is 0.0172. The van der Waals surface area contributed by atoms with Crippen LogP contribution in [0, 0.1) is 18.3 Å². The number of fused-ring (bicyclic) bond motifs is 2. The lowest BCUT2D eigenvalue weighted by atomic mass is 9.58. The molecule has 0 aromatic carbocycles. The van der Waals surface area contributed by atoms with Gasteiger partial charge in [0.2, 0.25) is 0 Å². The second-order valence-electron chi connectivity index (χ2n) is 7.29. The van der Waals surface area contributed by atoms with Crippen LogP contribution in [0.15, 0.2) is 34.0 Å². The lowest BCUT2D eigenvalue weighted by molar-refractivity contribution is -0.152. The SMILES string of the molecule is CC=C(C)C(=O)OC1CC=C2Cc3occ(C)c3C(O)C2(C)C1C. The number of hydrogen-bond donors (Lipinski definition) is 1. The van der Waals surface area contributed by atoms with Gasteiger partial charge in [-0.3, -0.25) is 0 Å². The highest BCUT2D eigenvalue weighted by molar-refractivity contribution is 5.87. The minimum Gasteiger partial charge on any atom is -0.468 e. The summed E-state index contributed by atoms with van der Waals surface area (Å²) in [7, 11) is 0. The molecule has 0 bridgehead atoms. The number of aliphatic hydroxyl groups excluding tert-OH is 1. The van der Waals surface area contributed by atoms with Crippen LogP contribution < -0.4 is 0 Å². The monoisotopic (exact) mass is 330 g/mol. The molecule has 2 aliphatic carbocycles. The Hall–Kier alpha value is -1.81. The van der Waals surface area contributed by atoms with Crippen molar-refractivity contribution in [3.63, 3.8) is 0 Å². The Morgan fingerprint density at radius 1 is 1.50 bits per heavy atom. The molecule has 1 aromatic rings. The number of ether oxygens (including phenoxy) is 1. The summed E-state index contributed by atoms with van der Waals surface area (Å²) in [5.74, 6) is 0.597. The molecule has 1 N–H and O–H groups in total. The first-order valence-corrected chi connectivity index (χ1v) is 8.59. The molecule has 0 spiro atoms. The maximum absolute atomic E-state index is 12.2. The standard InChI is InChI=1S/C20H26O4/c1-6-11(2)19(22)24-15-8-7-14-9-16-17(12(3)10-23-16)18(21)20(14,5)13(15)4/h6-7,10,13,15,18,21H,8-9H2,1-5H3. The van der Waals surface area contributed by atoms with Gasteiger partial charge in [-0.15, -0.1) is 0 Å². The van der Waals surface area contributed by atoms with E-state index in [4.69, 9.17) is 9.15 Å². The second-order valence-corrected chi connectivity index (χ2v) is 7.29. The van der Waals surface area contributed by atoms with Crippen LogP contribution in [-0.4, -0.2) is 17.2 Å². The smallest absolute Gasteiger partial charge is 0.333 e. The number of aryl methyl sites for hydroxylation is 1. The molecule has 0 aliphatic heterocycles. The van der Waals surface area contributed by atoms with E-state index in [0.29, 0.717) is 12.0 Å². The molecule has 1 aromatic heterocycles. The summed E-state index contributed by atoms with van der Waals surface area (Å²) in [6, 6.07) is 0. The van der Waals surface area contributed by atoms with Gasteiger partial charge < -0.3 is 14.3 Å². The van der Waals surface area contributed by atoms with Crippen molar-refractivity contribution < 1.29 is 19.1 Å². The number of carbonyl (C=O) groups excluding carboxylic acids is 1. The summed E-state index contributed by atoms with van der Waals surface area (Å²) >= 11 is 0. The highest BCUT2D eigenvalue weighted by atomic mass is 16.5. The fourth-order valence-corrected chi connectivity index (χ4v) is 4.03. The topological polar surface area (TPSA) is 59.7 Å². The van der Waals surface area contributed by atoms with Gasteiger partial charge in [0.25, 0.3) is 0 Å². The van der Waals surface area contributed by atoms with Gasteiger partial charge in [-0.25, -0.2) is 4.79 Å². The first kappa shape index (κ1) is 17.0. The number of carbonyl (C=O) groups is 1. The summed E-state index contributed by atoms with van der Waals surface area (Å²) in [5.41, 5.74) is 3.22. The number of furan rings is 1. The van der Waals surface area contributed by atoms with Gasteiger partial charge >= 0.3 is 5.97 Å². The molecule has 0 saturated heterocycles. The molecule has 0 saturated carbocycles. The van der Waals surface area contributed by atoms with Gasteiger partial charge in [-0.1, -0.05) is 31.6 Å². The van der Waals surface area contributed by atoms with Crippen molar-refractivity contribution >= 4 is 5.97 Å². The molecule has 4 atom stereocenters. The van der Waals surface area contributed by atoms with Crippen LogP contribution in [-0.2, 0) is 16.0 Å². The number of aliphatic hydroxyl groups is 1. The molecule has 0 amide bonds. The highest BCUT2D eigenvalue weighted by Crippen LogP contribution is 2.56. The quantitative estimate of drug-likeness (QED) is 0.505. The Balaban J connectivity index is 1.94. The van der Waals surface area contributed by atoms with Gasteiger partial charge in [0.15, 0.2) is 0 Å². The van der Waals surface area contributed by atoms with E-state index in [1.807, 2.05) is 13.8 Å². The van der Waals surface area contributed by atoms with Crippen LogP contribution >= 0.6 is 0 Å². The van der Waals surface area contributed by atoms with Gasteiger partial charge in [-0.2, -0.15) is 0 Å². The molecule has 24 heavy (non-hydrogen) atoms. The van der Waals surface area contributed by atoms with Crippen molar-refractivity contribution in [2.24, 2.45) is 11.3 Å². The van der Waals surface area contributed by atoms with Crippen LogP contribution in [0.5, 0.6) is 0 Å². The van der Waals surface area contributed by atoms with Crippen LogP contribution in [0.4, 0.5) is 0 Å². The van der Waals surface area contributed by atoms with E-state index in [1.54, 1.807) is 19.3 Å². The zero-order valence-corrected chi connectivity index (χ0v) is 15.1. The van der Waals surface area contributed by atoms with E-state index in [1.165, 1.54) is 5.57 Å². The molecule has 1 heterocycles. The molecular weight excluding hydrogens is 304 g/mol. The van der Waals surface area contributed by atoms with Crippen molar-refractivity contribution in [3.8, 4) is 0 Å². The van der Waals surface area contributed by atoms with E-state index < -0.39 is 11.5 Å². The zero-order chi connectivity index (χ0) is 17.6. The second kappa shape index (κ2) is 5.92. The van der Waals surface area contributed by atoms with Gasteiger partial charge in [0.05, 0.1) is 12.4 Å². The van der Waals surface area contributed by atoms with Crippen LogP contribution in [0.2, 0.25) is 0 Å². The lowest BCUT2D eigenvalue weighted by Gasteiger charge is -2.49. The van der Waals surface area contributed by atoms with Gasteiger partial charge in [-0.05, 0) is 26.3 Å². The average molecular weight is 330 g/mol. The lowest BCUT2D eigenvalue weighted by Crippen LogP contribution is -2.47. The largest absolute Gasteiger partial charge is 0.468 e. The molecule has 0 fully saturated rings. The maximum Gasteiger partial charge on any atom is 0.333 e. The number of allylic oxidation sites excluding steroid dienone is 1. The molecule has 3 rings (SSSR count). The van der Waals surface area contributed by atoms with E-state index >= 15 is 0 Å². The molecule has 130 valence electrons. The predicted octanol–water partition coefficient (Wildman–Crippen LogP) is 4.03. The van der Waals surface area contributed by atoms with Crippen molar-refractivity contribution in [1.29, 1.82) is 0 Å². The Morgan fingerprint density at radius 3 is 2.88 bits per heavy atom. The molecule has 2 aliphatic rings. The Labute approximate surface area is 143 Å². The maximum atomic E-state index is 12.2. The first-order valence-electron chi connectivity index (χ1n) is 8.59. The third-order valence-corrected chi connectivity index (χ3v) is 6.10.